The molecule has 4 nitrogen and oxygen atoms in total. The second-order valence-corrected chi connectivity index (χ2v) is 6.07. The number of hydrogen-bond acceptors (Lipinski definition) is 4. The molecule has 0 radical (unpaired) electrons. The van der Waals surface area contributed by atoms with E-state index in [0.717, 1.165) is 51.7 Å². The molecule has 5 heteroatoms. The Bertz CT molecular complexity index is 261. The lowest BCUT2D eigenvalue weighted by Gasteiger charge is -2.45. The lowest BCUT2D eigenvalue weighted by Crippen LogP contribution is -2.55. The molecule has 19 heavy (non-hydrogen) atoms. The highest BCUT2D eigenvalue weighted by Crippen LogP contribution is 2.29. The fourth-order valence-corrected chi connectivity index (χ4v) is 3.55. The number of piperidine rings is 1. The van der Waals surface area contributed by atoms with E-state index < -0.39 is 0 Å². The summed E-state index contributed by atoms with van der Waals surface area (Å²) in [6.07, 6.45) is 4.84. The highest BCUT2D eigenvalue weighted by Gasteiger charge is 2.38. The first-order valence-corrected chi connectivity index (χ1v) is 7.51. The number of rotatable bonds is 2. The molecule has 0 atom stereocenters. The van der Waals surface area contributed by atoms with E-state index in [0.29, 0.717) is 0 Å². The van der Waals surface area contributed by atoms with Crippen LogP contribution in [0.2, 0.25) is 0 Å². The molecule has 3 saturated heterocycles. The summed E-state index contributed by atoms with van der Waals surface area (Å²) in [6.45, 7) is 8.58. The Kier molecular flexibility index (Phi) is 5.90. The van der Waals surface area contributed by atoms with Gasteiger partial charge < -0.3 is 14.8 Å². The van der Waals surface area contributed by atoms with Crippen LogP contribution in [-0.4, -0.2) is 63.0 Å². The summed E-state index contributed by atoms with van der Waals surface area (Å²) in [6, 6.07) is 0. The highest BCUT2D eigenvalue weighted by molar-refractivity contribution is 5.85. The van der Waals surface area contributed by atoms with Crippen LogP contribution in [0.15, 0.2) is 0 Å². The molecule has 0 amide bonds. The Hall–Kier alpha value is 0.130. The van der Waals surface area contributed by atoms with E-state index >= 15 is 0 Å². The zero-order valence-electron chi connectivity index (χ0n) is 11.7. The first kappa shape index (κ1) is 15.5. The van der Waals surface area contributed by atoms with E-state index in [9.17, 15) is 0 Å². The van der Waals surface area contributed by atoms with E-state index in [2.05, 4.69) is 10.2 Å². The van der Waals surface area contributed by atoms with Crippen molar-refractivity contribution in [2.24, 2.45) is 5.92 Å². The smallest absolute Gasteiger partial charge is 0.0853 e. The standard InChI is InChI=1S/C14H26N2O2.ClH/c1-5-15-6-2-13(1)11-16-7-10-18-14(12-16)3-8-17-9-4-14;/h13,15H,1-12H2;1H. The molecule has 0 aromatic heterocycles. The van der Waals surface area contributed by atoms with Crippen molar-refractivity contribution in [3.63, 3.8) is 0 Å². The van der Waals surface area contributed by atoms with Gasteiger partial charge in [-0.25, -0.2) is 0 Å². The predicted octanol–water partition coefficient (Wildman–Crippen LogP) is 1.29. The minimum atomic E-state index is 0. The second-order valence-electron chi connectivity index (χ2n) is 6.07. The van der Waals surface area contributed by atoms with Crippen LogP contribution < -0.4 is 5.32 Å². The average molecular weight is 291 g/mol. The van der Waals surface area contributed by atoms with Gasteiger partial charge in [0.2, 0.25) is 0 Å². The third-order valence-electron chi connectivity index (χ3n) is 4.71. The highest BCUT2D eigenvalue weighted by atomic mass is 35.5. The Morgan fingerprint density at radius 1 is 1.11 bits per heavy atom. The van der Waals surface area contributed by atoms with Gasteiger partial charge in [-0.05, 0) is 31.8 Å². The fraction of sp³-hybridized carbons (Fsp3) is 1.00. The average Bonchev–Trinajstić information content (AvgIpc) is 2.41. The number of halogens is 1. The SMILES string of the molecule is C1CC(CN2CCOC3(CCOCC3)C2)CCN1.Cl. The molecule has 1 N–H and O–H groups in total. The monoisotopic (exact) mass is 290 g/mol. The maximum absolute atomic E-state index is 6.09. The molecule has 0 aromatic carbocycles. The first-order chi connectivity index (χ1) is 8.86. The summed E-state index contributed by atoms with van der Waals surface area (Å²) in [7, 11) is 0. The number of morpholine rings is 1. The molecule has 0 aliphatic carbocycles. The van der Waals surface area contributed by atoms with Crippen molar-refractivity contribution in [2.75, 3.05) is 52.5 Å². The van der Waals surface area contributed by atoms with Crippen LogP contribution in [0.4, 0.5) is 0 Å². The van der Waals surface area contributed by atoms with Crippen LogP contribution >= 0.6 is 12.4 Å². The maximum Gasteiger partial charge on any atom is 0.0853 e. The molecule has 0 aromatic rings. The molecule has 3 aliphatic rings. The Balaban J connectivity index is 0.00000133. The Labute approximate surface area is 122 Å². The van der Waals surface area contributed by atoms with E-state index in [1.54, 1.807) is 0 Å². The van der Waals surface area contributed by atoms with Crippen LogP contribution in [0.1, 0.15) is 25.7 Å². The minimum absolute atomic E-state index is 0. The van der Waals surface area contributed by atoms with Crippen molar-refractivity contribution in [1.29, 1.82) is 0 Å². The molecule has 3 fully saturated rings. The van der Waals surface area contributed by atoms with Crippen molar-refractivity contribution in [3.05, 3.63) is 0 Å². The summed E-state index contributed by atoms with van der Waals surface area (Å²) in [5, 5.41) is 3.45. The van der Waals surface area contributed by atoms with E-state index in [1.165, 1.54) is 32.5 Å². The molecule has 0 unspecified atom stereocenters. The lowest BCUT2D eigenvalue weighted by atomic mass is 9.90. The summed E-state index contributed by atoms with van der Waals surface area (Å²) in [4.78, 5) is 2.64. The van der Waals surface area contributed by atoms with Gasteiger partial charge in [-0.1, -0.05) is 0 Å². The zero-order chi connectivity index (χ0) is 12.3. The fourth-order valence-electron chi connectivity index (χ4n) is 3.55. The van der Waals surface area contributed by atoms with Gasteiger partial charge >= 0.3 is 0 Å². The predicted molar refractivity (Wildman–Crippen MR) is 78.0 cm³/mol. The number of ether oxygens (including phenoxy) is 2. The van der Waals surface area contributed by atoms with E-state index in [-0.39, 0.29) is 18.0 Å². The third kappa shape index (κ3) is 4.05. The summed E-state index contributed by atoms with van der Waals surface area (Å²) >= 11 is 0. The quantitative estimate of drug-likeness (QED) is 0.831. The topological polar surface area (TPSA) is 33.7 Å². The Morgan fingerprint density at radius 3 is 2.58 bits per heavy atom. The zero-order valence-corrected chi connectivity index (χ0v) is 12.6. The van der Waals surface area contributed by atoms with Crippen molar-refractivity contribution in [3.8, 4) is 0 Å². The van der Waals surface area contributed by atoms with Crippen LogP contribution in [0.3, 0.4) is 0 Å². The number of hydrogen-bond donors (Lipinski definition) is 1. The second kappa shape index (κ2) is 7.23. The number of nitrogens with one attached hydrogen (secondary N) is 1. The van der Waals surface area contributed by atoms with Crippen molar-refractivity contribution < 1.29 is 9.47 Å². The molecular weight excluding hydrogens is 264 g/mol. The normalized spacial score (nSPS) is 29.1. The molecule has 3 aliphatic heterocycles. The molecule has 3 rings (SSSR count). The van der Waals surface area contributed by atoms with Crippen molar-refractivity contribution >= 4 is 12.4 Å². The summed E-state index contributed by atoms with van der Waals surface area (Å²) in [5.41, 5.74) is 0.115. The van der Waals surface area contributed by atoms with E-state index in [1.807, 2.05) is 0 Å². The van der Waals surface area contributed by atoms with Gasteiger partial charge in [0.05, 0.1) is 12.2 Å². The van der Waals surface area contributed by atoms with Crippen LogP contribution in [0.5, 0.6) is 0 Å². The minimum Gasteiger partial charge on any atom is -0.381 e. The first-order valence-electron chi connectivity index (χ1n) is 7.51. The largest absolute Gasteiger partial charge is 0.381 e. The van der Waals surface area contributed by atoms with Gasteiger partial charge in [0.1, 0.15) is 0 Å². The van der Waals surface area contributed by atoms with Gasteiger partial charge in [-0.15, -0.1) is 12.4 Å². The number of nitrogens with zero attached hydrogens (tertiary/aromatic N) is 1. The lowest BCUT2D eigenvalue weighted by molar-refractivity contribution is -0.155. The molecule has 0 bridgehead atoms. The van der Waals surface area contributed by atoms with Crippen LogP contribution in [0, 0.1) is 5.92 Å². The molecule has 112 valence electrons. The Morgan fingerprint density at radius 2 is 1.84 bits per heavy atom. The summed E-state index contributed by atoms with van der Waals surface area (Å²) in [5.74, 6) is 0.890. The van der Waals surface area contributed by atoms with Gasteiger partial charge in [0.15, 0.2) is 0 Å². The van der Waals surface area contributed by atoms with Crippen LogP contribution in [-0.2, 0) is 9.47 Å². The van der Waals surface area contributed by atoms with Crippen molar-refractivity contribution in [1.82, 2.24) is 10.2 Å². The third-order valence-corrected chi connectivity index (χ3v) is 4.71. The van der Waals surface area contributed by atoms with Gasteiger partial charge in [0.25, 0.3) is 0 Å². The molecule has 3 heterocycles. The van der Waals surface area contributed by atoms with Gasteiger partial charge in [0, 0.05) is 45.7 Å². The van der Waals surface area contributed by atoms with Crippen LogP contribution in [0.25, 0.3) is 0 Å². The molecular formula is C14H27ClN2O2. The van der Waals surface area contributed by atoms with E-state index in [4.69, 9.17) is 9.47 Å². The van der Waals surface area contributed by atoms with Crippen molar-refractivity contribution in [2.45, 2.75) is 31.3 Å². The molecule has 0 saturated carbocycles. The molecule has 1 spiro atoms. The van der Waals surface area contributed by atoms with Gasteiger partial charge in [-0.2, -0.15) is 0 Å². The van der Waals surface area contributed by atoms with Gasteiger partial charge in [-0.3, -0.25) is 4.90 Å². The maximum atomic E-state index is 6.09. The summed E-state index contributed by atoms with van der Waals surface area (Å²) < 4.78 is 11.6.